The Bertz CT molecular complexity index is 577. The number of alkyl halides is 1. The van der Waals surface area contributed by atoms with Crippen LogP contribution in [0.5, 0.6) is 0 Å². The van der Waals surface area contributed by atoms with Crippen LogP contribution in [0.1, 0.15) is 22.3 Å². The summed E-state index contributed by atoms with van der Waals surface area (Å²) in [6.45, 7) is 4.32. The van der Waals surface area contributed by atoms with Gasteiger partial charge in [0, 0.05) is 10.4 Å². The highest BCUT2D eigenvalue weighted by atomic mass is 79.9. The van der Waals surface area contributed by atoms with Crippen molar-refractivity contribution >= 4 is 27.5 Å². The monoisotopic (exact) mass is 350 g/mol. The largest absolute Gasteiger partial charge is 0.126 e. The zero-order valence-corrected chi connectivity index (χ0v) is 14.3. The SMILES string of the molecule is Cc1ccc(CC(CCl)Cc2ccccc2Br)cc1C. The highest BCUT2D eigenvalue weighted by molar-refractivity contribution is 9.10. The molecule has 0 fully saturated rings. The van der Waals surface area contributed by atoms with E-state index in [9.17, 15) is 0 Å². The van der Waals surface area contributed by atoms with Crippen molar-refractivity contribution in [2.45, 2.75) is 26.7 Å². The lowest BCUT2D eigenvalue weighted by Crippen LogP contribution is -2.10. The van der Waals surface area contributed by atoms with E-state index in [-0.39, 0.29) is 0 Å². The Labute approximate surface area is 135 Å². The van der Waals surface area contributed by atoms with Gasteiger partial charge in [0.15, 0.2) is 0 Å². The van der Waals surface area contributed by atoms with Crippen molar-refractivity contribution in [3.8, 4) is 0 Å². The van der Waals surface area contributed by atoms with Crippen LogP contribution in [0.2, 0.25) is 0 Å². The summed E-state index contributed by atoms with van der Waals surface area (Å²) >= 11 is 9.79. The van der Waals surface area contributed by atoms with E-state index in [1.165, 1.54) is 26.7 Å². The first-order valence-corrected chi connectivity index (χ1v) is 8.28. The second-order valence-electron chi connectivity index (χ2n) is 5.44. The molecule has 0 saturated carbocycles. The minimum Gasteiger partial charge on any atom is -0.126 e. The molecule has 1 unspecified atom stereocenters. The van der Waals surface area contributed by atoms with Crippen molar-refractivity contribution in [3.05, 3.63) is 69.2 Å². The predicted molar refractivity (Wildman–Crippen MR) is 91.7 cm³/mol. The van der Waals surface area contributed by atoms with Gasteiger partial charge in [-0.3, -0.25) is 0 Å². The summed E-state index contributed by atoms with van der Waals surface area (Å²) < 4.78 is 1.18. The molecule has 2 aromatic rings. The molecular weight excluding hydrogens is 332 g/mol. The highest BCUT2D eigenvalue weighted by Gasteiger charge is 2.12. The average molecular weight is 352 g/mol. The lowest BCUT2D eigenvalue weighted by molar-refractivity contribution is 0.582. The van der Waals surface area contributed by atoms with Gasteiger partial charge in [-0.2, -0.15) is 0 Å². The molecule has 0 bridgehead atoms. The van der Waals surface area contributed by atoms with Gasteiger partial charge < -0.3 is 0 Å². The molecule has 0 aromatic heterocycles. The third-order valence-corrected chi connectivity index (χ3v) is 4.99. The van der Waals surface area contributed by atoms with E-state index in [0.29, 0.717) is 11.8 Å². The number of halogens is 2. The van der Waals surface area contributed by atoms with Gasteiger partial charge in [-0.05, 0) is 60.9 Å². The maximum absolute atomic E-state index is 6.18. The van der Waals surface area contributed by atoms with Gasteiger partial charge in [0.1, 0.15) is 0 Å². The van der Waals surface area contributed by atoms with Crippen LogP contribution in [0.25, 0.3) is 0 Å². The first-order chi connectivity index (χ1) is 9.60. The fourth-order valence-corrected chi connectivity index (χ4v) is 3.08. The Morgan fingerprint density at radius 3 is 2.40 bits per heavy atom. The number of rotatable bonds is 5. The number of aryl methyl sites for hydroxylation is 2. The minimum absolute atomic E-state index is 0.470. The van der Waals surface area contributed by atoms with Crippen molar-refractivity contribution in [3.63, 3.8) is 0 Å². The summed E-state index contributed by atoms with van der Waals surface area (Å²) in [6, 6.07) is 15.1. The Hall–Kier alpha value is -0.790. The summed E-state index contributed by atoms with van der Waals surface area (Å²) in [5.41, 5.74) is 5.42. The molecule has 0 saturated heterocycles. The molecule has 1 atom stereocenters. The Kier molecular flexibility index (Phi) is 5.68. The van der Waals surface area contributed by atoms with Crippen molar-refractivity contribution in [1.82, 2.24) is 0 Å². The summed E-state index contributed by atoms with van der Waals surface area (Å²) in [4.78, 5) is 0. The van der Waals surface area contributed by atoms with E-state index in [0.717, 1.165) is 12.8 Å². The molecule has 0 heterocycles. The van der Waals surface area contributed by atoms with Gasteiger partial charge in [0.25, 0.3) is 0 Å². The summed E-state index contributed by atoms with van der Waals surface area (Å²) in [5.74, 6) is 1.16. The van der Waals surface area contributed by atoms with Crippen LogP contribution in [-0.2, 0) is 12.8 Å². The van der Waals surface area contributed by atoms with Crippen LogP contribution in [0.4, 0.5) is 0 Å². The van der Waals surface area contributed by atoms with Crippen molar-refractivity contribution in [2.75, 3.05) is 5.88 Å². The standard InChI is InChI=1S/C18H20BrCl/c1-13-7-8-15(9-14(13)2)10-16(12-20)11-17-5-3-4-6-18(17)19/h3-9,16H,10-12H2,1-2H3. The number of hydrogen-bond donors (Lipinski definition) is 0. The summed E-state index contributed by atoms with van der Waals surface area (Å²) in [7, 11) is 0. The Morgan fingerprint density at radius 1 is 1.00 bits per heavy atom. The van der Waals surface area contributed by atoms with Gasteiger partial charge in [0.05, 0.1) is 0 Å². The van der Waals surface area contributed by atoms with Crippen LogP contribution in [0.15, 0.2) is 46.9 Å². The molecular formula is C18H20BrCl. The van der Waals surface area contributed by atoms with Crippen LogP contribution in [-0.4, -0.2) is 5.88 Å². The predicted octanol–water partition coefficient (Wildman–Crippen LogP) is 5.71. The van der Waals surface area contributed by atoms with Gasteiger partial charge in [-0.1, -0.05) is 52.3 Å². The van der Waals surface area contributed by atoms with Crippen molar-refractivity contribution in [1.29, 1.82) is 0 Å². The van der Waals surface area contributed by atoms with E-state index in [2.05, 4.69) is 66.2 Å². The Morgan fingerprint density at radius 2 is 1.75 bits per heavy atom. The quantitative estimate of drug-likeness (QED) is 0.606. The molecule has 0 nitrogen and oxygen atoms in total. The van der Waals surface area contributed by atoms with Crippen LogP contribution < -0.4 is 0 Å². The number of benzene rings is 2. The Balaban J connectivity index is 2.09. The third kappa shape index (κ3) is 4.10. The molecule has 106 valence electrons. The second kappa shape index (κ2) is 7.28. The molecule has 0 N–H and O–H groups in total. The highest BCUT2D eigenvalue weighted by Crippen LogP contribution is 2.23. The van der Waals surface area contributed by atoms with E-state index in [1.54, 1.807) is 0 Å². The number of hydrogen-bond acceptors (Lipinski definition) is 0. The van der Waals surface area contributed by atoms with Crippen LogP contribution in [0.3, 0.4) is 0 Å². The molecule has 0 radical (unpaired) electrons. The lowest BCUT2D eigenvalue weighted by Gasteiger charge is -2.16. The normalized spacial score (nSPS) is 12.4. The first kappa shape index (κ1) is 15.6. The van der Waals surface area contributed by atoms with Gasteiger partial charge in [0.2, 0.25) is 0 Å². The second-order valence-corrected chi connectivity index (χ2v) is 6.60. The summed E-state index contributed by atoms with van der Waals surface area (Å²) in [5, 5.41) is 0. The molecule has 0 aliphatic rings. The molecule has 0 amide bonds. The van der Waals surface area contributed by atoms with E-state index in [4.69, 9.17) is 11.6 Å². The van der Waals surface area contributed by atoms with Crippen LogP contribution >= 0.6 is 27.5 Å². The zero-order valence-electron chi connectivity index (χ0n) is 12.0. The van der Waals surface area contributed by atoms with Gasteiger partial charge >= 0.3 is 0 Å². The third-order valence-electron chi connectivity index (χ3n) is 3.78. The smallest absolute Gasteiger partial charge is 0.0258 e. The molecule has 0 aliphatic heterocycles. The summed E-state index contributed by atoms with van der Waals surface area (Å²) in [6.07, 6.45) is 2.05. The van der Waals surface area contributed by atoms with E-state index >= 15 is 0 Å². The molecule has 20 heavy (non-hydrogen) atoms. The maximum Gasteiger partial charge on any atom is 0.0258 e. The fraction of sp³-hybridized carbons (Fsp3) is 0.333. The van der Waals surface area contributed by atoms with E-state index < -0.39 is 0 Å². The van der Waals surface area contributed by atoms with E-state index in [1.807, 2.05) is 6.07 Å². The zero-order chi connectivity index (χ0) is 14.5. The lowest BCUT2D eigenvalue weighted by atomic mass is 9.93. The molecule has 0 spiro atoms. The molecule has 0 aliphatic carbocycles. The molecule has 2 heteroatoms. The van der Waals surface area contributed by atoms with Crippen molar-refractivity contribution < 1.29 is 0 Å². The molecule has 2 aromatic carbocycles. The molecule has 2 rings (SSSR count). The fourth-order valence-electron chi connectivity index (χ4n) is 2.42. The maximum atomic E-state index is 6.18. The topological polar surface area (TPSA) is 0 Å². The minimum atomic E-state index is 0.470. The van der Waals surface area contributed by atoms with Crippen molar-refractivity contribution in [2.24, 2.45) is 5.92 Å². The average Bonchev–Trinajstić information content (AvgIpc) is 2.44. The van der Waals surface area contributed by atoms with Gasteiger partial charge in [-0.15, -0.1) is 11.6 Å². The van der Waals surface area contributed by atoms with Crippen LogP contribution in [0, 0.1) is 19.8 Å². The first-order valence-electron chi connectivity index (χ1n) is 6.95. The van der Waals surface area contributed by atoms with Gasteiger partial charge in [-0.25, -0.2) is 0 Å².